The molecule has 4 nitrogen and oxygen atoms in total. The molecule has 2 N–H and O–H groups in total. The van der Waals surface area contributed by atoms with Gasteiger partial charge in [0, 0.05) is 6.08 Å². The van der Waals surface area contributed by atoms with E-state index in [9.17, 15) is 4.39 Å². The van der Waals surface area contributed by atoms with E-state index in [-0.39, 0.29) is 18.2 Å². The number of aromatic nitrogens is 2. The molecule has 1 aliphatic carbocycles. The van der Waals surface area contributed by atoms with Gasteiger partial charge in [-0.1, -0.05) is 30.1 Å². The molecular formula is C15H17ClFN3O. The minimum Gasteiger partial charge on any atom is -0.335 e. The Morgan fingerprint density at radius 3 is 2.48 bits per heavy atom. The predicted octanol–water partition coefficient (Wildman–Crippen LogP) is 3.53. The lowest BCUT2D eigenvalue weighted by Crippen LogP contribution is -2.34. The largest absolute Gasteiger partial charge is 0.335 e. The second kappa shape index (κ2) is 6.37. The summed E-state index contributed by atoms with van der Waals surface area (Å²) in [5, 5.41) is 3.97. The van der Waals surface area contributed by atoms with Gasteiger partial charge < -0.3 is 10.3 Å². The minimum atomic E-state index is -0.439. The van der Waals surface area contributed by atoms with Gasteiger partial charge in [0.15, 0.2) is 5.82 Å². The van der Waals surface area contributed by atoms with Gasteiger partial charge in [-0.3, -0.25) is 0 Å². The van der Waals surface area contributed by atoms with Crippen LogP contribution in [0.25, 0.3) is 12.2 Å². The normalized spacial score (nSPS) is 17.0. The highest BCUT2D eigenvalue weighted by molar-refractivity contribution is 5.85. The van der Waals surface area contributed by atoms with Crippen LogP contribution >= 0.6 is 12.4 Å². The van der Waals surface area contributed by atoms with Crippen LogP contribution in [0.5, 0.6) is 0 Å². The summed E-state index contributed by atoms with van der Waals surface area (Å²) >= 11 is 0. The Balaban J connectivity index is 0.00000161. The topological polar surface area (TPSA) is 64.9 Å². The number of nitrogens with two attached hydrogens (primary N) is 1. The smallest absolute Gasteiger partial charge is 0.250 e. The van der Waals surface area contributed by atoms with Crippen LogP contribution in [0.1, 0.15) is 43.0 Å². The highest BCUT2D eigenvalue weighted by atomic mass is 35.5. The summed E-state index contributed by atoms with van der Waals surface area (Å²) in [4.78, 5) is 4.33. The highest BCUT2D eigenvalue weighted by Crippen LogP contribution is 2.34. The first kappa shape index (κ1) is 15.7. The zero-order valence-corrected chi connectivity index (χ0v) is 12.3. The van der Waals surface area contributed by atoms with Crippen molar-refractivity contribution in [3.05, 3.63) is 47.4 Å². The van der Waals surface area contributed by atoms with Gasteiger partial charge in [-0.2, -0.15) is 4.98 Å². The van der Waals surface area contributed by atoms with E-state index < -0.39 is 5.54 Å². The van der Waals surface area contributed by atoms with Gasteiger partial charge in [0.2, 0.25) is 0 Å². The average Bonchev–Trinajstić information content (AvgIpc) is 3.08. The molecule has 3 rings (SSSR count). The third-order valence-corrected chi connectivity index (χ3v) is 3.67. The Kier molecular flexibility index (Phi) is 4.75. The van der Waals surface area contributed by atoms with E-state index in [1.807, 2.05) is 0 Å². The number of halogens is 2. The summed E-state index contributed by atoms with van der Waals surface area (Å²) in [6.07, 6.45) is 7.51. The second-order valence-electron chi connectivity index (χ2n) is 5.20. The van der Waals surface area contributed by atoms with Crippen LogP contribution < -0.4 is 5.73 Å². The fourth-order valence-electron chi connectivity index (χ4n) is 2.48. The summed E-state index contributed by atoms with van der Waals surface area (Å²) in [5.74, 6) is 0.739. The van der Waals surface area contributed by atoms with Crippen LogP contribution in [-0.4, -0.2) is 10.1 Å². The zero-order chi connectivity index (χ0) is 14.0. The van der Waals surface area contributed by atoms with Crippen molar-refractivity contribution < 1.29 is 8.91 Å². The Morgan fingerprint density at radius 1 is 1.14 bits per heavy atom. The second-order valence-corrected chi connectivity index (χ2v) is 5.20. The van der Waals surface area contributed by atoms with Gasteiger partial charge in [-0.05, 0) is 36.6 Å². The fourth-order valence-corrected chi connectivity index (χ4v) is 2.48. The molecule has 21 heavy (non-hydrogen) atoms. The van der Waals surface area contributed by atoms with E-state index >= 15 is 0 Å². The Morgan fingerprint density at radius 2 is 1.81 bits per heavy atom. The Labute approximate surface area is 128 Å². The van der Waals surface area contributed by atoms with Crippen LogP contribution in [0.2, 0.25) is 0 Å². The lowest BCUT2D eigenvalue weighted by atomic mass is 9.99. The van der Waals surface area contributed by atoms with Gasteiger partial charge in [0.1, 0.15) is 5.82 Å². The van der Waals surface area contributed by atoms with Crippen molar-refractivity contribution in [1.82, 2.24) is 10.1 Å². The first-order valence-electron chi connectivity index (χ1n) is 6.72. The fraction of sp³-hybridized carbons (Fsp3) is 0.333. The van der Waals surface area contributed by atoms with E-state index in [0.29, 0.717) is 11.7 Å². The maximum Gasteiger partial charge on any atom is 0.250 e. The van der Waals surface area contributed by atoms with Crippen LogP contribution in [0.3, 0.4) is 0 Å². The van der Waals surface area contributed by atoms with Crippen molar-refractivity contribution in [3.8, 4) is 0 Å². The molecule has 112 valence electrons. The molecule has 0 unspecified atom stereocenters. The molecule has 1 saturated carbocycles. The molecule has 0 bridgehead atoms. The first-order chi connectivity index (χ1) is 9.66. The van der Waals surface area contributed by atoms with Crippen molar-refractivity contribution in [2.24, 2.45) is 5.73 Å². The van der Waals surface area contributed by atoms with Crippen molar-refractivity contribution in [1.29, 1.82) is 0 Å². The number of benzene rings is 1. The van der Waals surface area contributed by atoms with E-state index in [1.165, 1.54) is 12.1 Å². The van der Waals surface area contributed by atoms with Crippen molar-refractivity contribution in [2.75, 3.05) is 0 Å². The minimum absolute atomic E-state index is 0. The monoisotopic (exact) mass is 309 g/mol. The molecule has 1 aromatic heterocycles. The molecule has 6 heteroatoms. The molecular weight excluding hydrogens is 293 g/mol. The van der Waals surface area contributed by atoms with E-state index in [0.717, 1.165) is 31.2 Å². The summed E-state index contributed by atoms with van der Waals surface area (Å²) in [7, 11) is 0. The van der Waals surface area contributed by atoms with Gasteiger partial charge in [0.05, 0.1) is 5.54 Å². The summed E-state index contributed by atoms with van der Waals surface area (Å²) < 4.78 is 18.0. The lowest BCUT2D eigenvalue weighted by molar-refractivity contribution is 0.364. The molecule has 0 radical (unpaired) electrons. The molecule has 0 atom stereocenters. The molecule has 1 aromatic carbocycles. The summed E-state index contributed by atoms with van der Waals surface area (Å²) in [6.45, 7) is 0. The average molecular weight is 310 g/mol. The molecule has 1 aliphatic rings. The Hall–Kier alpha value is -1.72. The maximum atomic E-state index is 12.8. The lowest BCUT2D eigenvalue weighted by Gasteiger charge is -2.17. The van der Waals surface area contributed by atoms with E-state index in [1.54, 1.807) is 24.3 Å². The highest BCUT2D eigenvalue weighted by Gasteiger charge is 2.35. The molecule has 0 amide bonds. The molecule has 0 aliphatic heterocycles. The number of nitrogens with zero attached hydrogens (tertiary/aromatic N) is 2. The Bertz CT molecular complexity index is 618. The van der Waals surface area contributed by atoms with Crippen molar-refractivity contribution in [3.63, 3.8) is 0 Å². The van der Waals surface area contributed by atoms with Crippen LogP contribution in [0.15, 0.2) is 28.8 Å². The van der Waals surface area contributed by atoms with Gasteiger partial charge >= 0.3 is 0 Å². The van der Waals surface area contributed by atoms with E-state index in [4.69, 9.17) is 10.3 Å². The summed E-state index contributed by atoms with van der Waals surface area (Å²) in [6, 6.07) is 6.19. The standard InChI is InChI=1S/C15H16FN3O.ClH/c16-12-6-3-11(4-7-12)5-8-13-18-14(19-20-13)15(17)9-1-2-10-15;/h3-8H,1-2,9-10,17H2;1H/b8-5+;. The summed E-state index contributed by atoms with van der Waals surface area (Å²) in [5.41, 5.74) is 6.70. The third kappa shape index (κ3) is 3.49. The van der Waals surface area contributed by atoms with Crippen molar-refractivity contribution >= 4 is 24.6 Å². The third-order valence-electron chi connectivity index (χ3n) is 3.67. The first-order valence-corrected chi connectivity index (χ1v) is 6.72. The number of hydrogen-bond acceptors (Lipinski definition) is 4. The SMILES string of the molecule is Cl.NC1(c2noc(/C=C/c3ccc(F)cc3)n2)CCCC1. The number of hydrogen-bond donors (Lipinski definition) is 1. The predicted molar refractivity (Wildman–Crippen MR) is 81.2 cm³/mol. The molecule has 0 spiro atoms. The van der Waals surface area contributed by atoms with Gasteiger partial charge in [-0.25, -0.2) is 4.39 Å². The van der Waals surface area contributed by atoms with Crippen LogP contribution in [0.4, 0.5) is 4.39 Å². The number of rotatable bonds is 3. The quantitative estimate of drug-likeness (QED) is 0.942. The van der Waals surface area contributed by atoms with Gasteiger partial charge in [-0.15, -0.1) is 12.4 Å². The van der Waals surface area contributed by atoms with Crippen LogP contribution in [-0.2, 0) is 5.54 Å². The molecule has 1 heterocycles. The van der Waals surface area contributed by atoms with Gasteiger partial charge in [0.25, 0.3) is 5.89 Å². The maximum absolute atomic E-state index is 12.8. The molecule has 1 fully saturated rings. The zero-order valence-electron chi connectivity index (χ0n) is 11.5. The molecule has 2 aromatic rings. The van der Waals surface area contributed by atoms with Crippen LogP contribution in [0, 0.1) is 5.82 Å². The van der Waals surface area contributed by atoms with E-state index in [2.05, 4.69) is 10.1 Å². The van der Waals surface area contributed by atoms with Crippen molar-refractivity contribution in [2.45, 2.75) is 31.2 Å². The molecule has 0 saturated heterocycles.